The second kappa shape index (κ2) is 5.51. The number of hydrogen-bond donors (Lipinski definition) is 0. The fraction of sp³-hybridized carbons (Fsp3) is 0.143. The Hall–Kier alpha value is -0.270. The number of halogens is 3. The lowest BCUT2D eigenvalue weighted by Gasteiger charge is -1.89. The Kier molecular flexibility index (Phi) is 6.84. The third kappa shape index (κ3) is 3.04. The third-order valence-corrected chi connectivity index (χ3v) is 1.08. The predicted molar refractivity (Wildman–Crippen MR) is 45.6 cm³/mol. The molecule has 3 heteroatoms. The molecule has 0 aromatic heterocycles. The maximum absolute atomic E-state index is 12.3. The Bertz CT molecular complexity index is 168. The minimum absolute atomic E-state index is 0. The van der Waals surface area contributed by atoms with Crippen molar-refractivity contribution in [3.8, 4) is 0 Å². The van der Waals surface area contributed by atoms with E-state index in [0.29, 0.717) is 5.56 Å². The topological polar surface area (TPSA) is 0 Å². The molecule has 58 valence electrons. The van der Waals surface area contributed by atoms with Crippen molar-refractivity contribution in [2.75, 3.05) is 0 Å². The molecule has 0 unspecified atom stereocenters. The third-order valence-electron chi connectivity index (χ3n) is 1.08. The zero-order valence-corrected chi connectivity index (χ0v) is 7.14. The van der Waals surface area contributed by atoms with Gasteiger partial charge in [-0.05, 0) is 18.6 Å². The van der Waals surface area contributed by atoms with Gasteiger partial charge in [0.15, 0.2) is 0 Å². The summed E-state index contributed by atoms with van der Waals surface area (Å²) in [5, 5.41) is 0. The summed E-state index contributed by atoms with van der Waals surface area (Å²) < 4.78 is 12.3. The van der Waals surface area contributed by atoms with Gasteiger partial charge in [-0.2, -0.15) is 0 Å². The van der Waals surface area contributed by atoms with Crippen molar-refractivity contribution in [1.82, 2.24) is 0 Å². The van der Waals surface area contributed by atoms with Gasteiger partial charge in [-0.25, -0.2) is 4.39 Å². The van der Waals surface area contributed by atoms with Crippen LogP contribution >= 0.6 is 24.8 Å². The minimum Gasteiger partial charge on any atom is -0.207 e. The molecule has 1 aromatic rings. The molecule has 0 N–H and O–H groups in total. The fourth-order valence-corrected chi connectivity index (χ4v) is 0.551. The maximum Gasteiger partial charge on any atom is 0.126 e. The van der Waals surface area contributed by atoms with Gasteiger partial charge < -0.3 is 0 Å². The molecule has 1 aromatic carbocycles. The molecular weight excluding hydrogens is 174 g/mol. The van der Waals surface area contributed by atoms with E-state index in [1.54, 1.807) is 19.1 Å². The molecule has 0 heterocycles. The zero-order valence-electron chi connectivity index (χ0n) is 5.50. The Labute approximate surface area is 72.3 Å². The van der Waals surface area contributed by atoms with Crippen molar-refractivity contribution in [2.45, 2.75) is 6.92 Å². The average Bonchev–Trinajstić information content (AvgIpc) is 1.77. The van der Waals surface area contributed by atoms with E-state index in [0.717, 1.165) is 0 Å². The highest BCUT2D eigenvalue weighted by atomic mass is 35.5. The predicted octanol–water partition coefficient (Wildman–Crippen LogP) is 2.98. The van der Waals surface area contributed by atoms with Crippen LogP contribution in [0.4, 0.5) is 4.39 Å². The van der Waals surface area contributed by atoms with Crippen molar-refractivity contribution in [1.29, 1.82) is 0 Å². The van der Waals surface area contributed by atoms with Crippen LogP contribution in [0.5, 0.6) is 0 Å². The molecule has 0 aliphatic rings. The van der Waals surface area contributed by atoms with E-state index in [-0.39, 0.29) is 30.6 Å². The highest BCUT2D eigenvalue weighted by Gasteiger charge is 1.88. The Morgan fingerprint density at radius 3 is 1.90 bits per heavy atom. The van der Waals surface area contributed by atoms with Crippen LogP contribution in [0, 0.1) is 12.7 Å². The van der Waals surface area contributed by atoms with Gasteiger partial charge in [-0.3, -0.25) is 0 Å². The average molecular weight is 183 g/mol. The zero-order chi connectivity index (χ0) is 5.98. The molecule has 0 radical (unpaired) electrons. The van der Waals surface area contributed by atoms with Crippen LogP contribution in [0.15, 0.2) is 24.3 Å². The maximum atomic E-state index is 12.3. The minimum atomic E-state index is -0.132. The summed E-state index contributed by atoms with van der Waals surface area (Å²) >= 11 is 0. The molecule has 0 spiro atoms. The van der Waals surface area contributed by atoms with Gasteiger partial charge in [0.1, 0.15) is 5.82 Å². The molecule has 0 bridgehead atoms. The van der Waals surface area contributed by atoms with Crippen molar-refractivity contribution in [2.24, 2.45) is 0 Å². The Balaban J connectivity index is 0. The second-order valence-corrected chi connectivity index (χ2v) is 1.75. The molecule has 0 nitrogen and oxygen atoms in total. The van der Waals surface area contributed by atoms with Crippen molar-refractivity contribution < 1.29 is 4.39 Å². The monoisotopic (exact) mass is 182 g/mol. The first kappa shape index (κ1) is 12.4. The first-order valence-electron chi connectivity index (χ1n) is 2.52. The van der Waals surface area contributed by atoms with Crippen LogP contribution in [-0.4, -0.2) is 0 Å². The van der Waals surface area contributed by atoms with Crippen LogP contribution in [0.3, 0.4) is 0 Å². The van der Waals surface area contributed by atoms with Crippen molar-refractivity contribution in [3.05, 3.63) is 35.6 Å². The summed E-state index contributed by atoms with van der Waals surface area (Å²) in [6, 6.07) is 6.70. The molecule has 10 heavy (non-hydrogen) atoms. The summed E-state index contributed by atoms with van der Waals surface area (Å²) in [5.41, 5.74) is 0.701. The summed E-state index contributed by atoms with van der Waals surface area (Å²) in [6.07, 6.45) is 0. The van der Waals surface area contributed by atoms with Crippen LogP contribution in [0.25, 0.3) is 0 Å². The second-order valence-electron chi connectivity index (χ2n) is 1.75. The van der Waals surface area contributed by atoms with Crippen LogP contribution in [0.1, 0.15) is 5.56 Å². The van der Waals surface area contributed by atoms with Gasteiger partial charge in [0.25, 0.3) is 0 Å². The fourth-order valence-electron chi connectivity index (χ4n) is 0.551. The summed E-state index contributed by atoms with van der Waals surface area (Å²) in [6.45, 7) is 1.75. The number of rotatable bonds is 0. The van der Waals surface area contributed by atoms with Gasteiger partial charge in [0, 0.05) is 0 Å². The first-order valence-corrected chi connectivity index (χ1v) is 2.52. The highest BCUT2D eigenvalue weighted by molar-refractivity contribution is 5.85. The van der Waals surface area contributed by atoms with Crippen molar-refractivity contribution >= 4 is 24.8 Å². The molecule has 0 saturated carbocycles. The molecule has 0 fully saturated rings. The van der Waals surface area contributed by atoms with Crippen LogP contribution in [-0.2, 0) is 0 Å². The lowest BCUT2D eigenvalue weighted by Crippen LogP contribution is -1.76. The van der Waals surface area contributed by atoms with E-state index in [1.165, 1.54) is 6.07 Å². The first-order chi connectivity index (χ1) is 3.80. The number of benzene rings is 1. The van der Waals surface area contributed by atoms with Gasteiger partial charge in [-0.15, -0.1) is 24.8 Å². The number of hydrogen-bond acceptors (Lipinski definition) is 0. The molecule has 0 aliphatic heterocycles. The lowest BCUT2D eigenvalue weighted by molar-refractivity contribution is 0.618. The standard InChI is InChI=1S/C7H7F.2ClH/c1-6-4-2-3-5-7(6)8;;/h2-5H,1H3;2*1H. The molecule has 0 atom stereocenters. The summed E-state index contributed by atoms with van der Waals surface area (Å²) in [4.78, 5) is 0. The normalized spacial score (nSPS) is 7.40. The van der Waals surface area contributed by atoms with Gasteiger partial charge in [0.2, 0.25) is 0 Å². The molecule has 1 rings (SSSR count). The largest absolute Gasteiger partial charge is 0.207 e. The van der Waals surface area contributed by atoms with Gasteiger partial charge in [-0.1, -0.05) is 18.2 Å². The van der Waals surface area contributed by atoms with Gasteiger partial charge >= 0.3 is 0 Å². The van der Waals surface area contributed by atoms with E-state index in [4.69, 9.17) is 0 Å². The van der Waals surface area contributed by atoms with Gasteiger partial charge in [0.05, 0.1) is 0 Å². The van der Waals surface area contributed by atoms with E-state index < -0.39 is 0 Å². The highest BCUT2D eigenvalue weighted by Crippen LogP contribution is 2.01. The summed E-state index contributed by atoms with van der Waals surface area (Å²) in [5.74, 6) is -0.132. The SMILES string of the molecule is Cc1ccccc1F.Cl.Cl. The van der Waals surface area contributed by atoms with E-state index in [9.17, 15) is 4.39 Å². The van der Waals surface area contributed by atoms with E-state index in [2.05, 4.69) is 0 Å². The Morgan fingerprint density at radius 1 is 1.10 bits per heavy atom. The molecule has 0 amide bonds. The quantitative estimate of drug-likeness (QED) is 0.579. The lowest BCUT2D eigenvalue weighted by atomic mass is 10.2. The molecule has 0 saturated heterocycles. The van der Waals surface area contributed by atoms with E-state index in [1.807, 2.05) is 6.07 Å². The van der Waals surface area contributed by atoms with Crippen LogP contribution < -0.4 is 0 Å². The van der Waals surface area contributed by atoms with Crippen LogP contribution in [0.2, 0.25) is 0 Å². The Morgan fingerprint density at radius 2 is 1.60 bits per heavy atom. The van der Waals surface area contributed by atoms with Crippen molar-refractivity contribution in [3.63, 3.8) is 0 Å². The smallest absolute Gasteiger partial charge is 0.126 e. The molecule has 0 aliphatic carbocycles. The molecular formula is C7H9Cl2F. The van der Waals surface area contributed by atoms with E-state index >= 15 is 0 Å². The number of aryl methyl sites for hydroxylation is 1. The summed E-state index contributed by atoms with van der Waals surface area (Å²) in [7, 11) is 0.